The normalized spacial score (nSPS) is 26.7. The molecule has 7 nitrogen and oxygen atoms in total. The fraction of sp³-hybridized carbons (Fsp3) is 0.308. The first-order valence-corrected chi connectivity index (χ1v) is 11.2. The van der Waals surface area contributed by atoms with Gasteiger partial charge >= 0.3 is 0 Å². The Kier molecular flexibility index (Phi) is 4.72. The largest absolute Gasteiger partial charge is 0.349 e. The van der Waals surface area contributed by atoms with Crippen molar-refractivity contribution < 1.29 is 14.2 Å². The number of nitrogens with one attached hydrogen (secondary N) is 1. The first-order chi connectivity index (χ1) is 16.0. The number of H-pyrrole nitrogens is 1. The van der Waals surface area contributed by atoms with Gasteiger partial charge in [0, 0.05) is 11.8 Å². The van der Waals surface area contributed by atoms with Gasteiger partial charge < -0.3 is 19.2 Å². The average Bonchev–Trinajstić information content (AvgIpc) is 3.48. The predicted octanol–water partition coefficient (Wildman–Crippen LogP) is 4.70. The zero-order chi connectivity index (χ0) is 22.6. The van der Waals surface area contributed by atoms with E-state index in [9.17, 15) is 0 Å². The lowest BCUT2D eigenvalue weighted by atomic mass is 10.1. The molecule has 2 fully saturated rings. The minimum atomic E-state index is -0.647. The van der Waals surface area contributed by atoms with Gasteiger partial charge in [-0.15, -0.1) is 0 Å². The molecule has 33 heavy (non-hydrogen) atoms. The van der Waals surface area contributed by atoms with Crippen LogP contribution in [-0.4, -0.2) is 38.6 Å². The molecule has 4 aromatic rings. The first-order valence-electron chi connectivity index (χ1n) is 11.2. The molecule has 0 amide bonds. The summed E-state index contributed by atoms with van der Waals surface area (Å²) in [6.07, 6.45) is 2.96. The van der Waals surface area contributed by atoms with Crippen LogP contribution in [0, 0.1) is 0 Å². The van der Waals surface area contributed by atoms with Gasteiger partial charge in [-0.05, 0) is 38.5 Å². The molecule has 1 N–H and O–H groups in total. The SMILES string of the molecule is C[C@H]1O[C@@H](n2cnc(=Nc3ccccc3)c3c(-c4ccccc4)c[nH]c32)[C@@H]2OC(C)(C)O[C@@H]21. The molecule has 0 saturated carbocycles. The number of aromatic nitrogens is 3. The standard InChI is InChI=1S/C26H26N4O3/c1-16-21-22(33-26(2,3)32-21)25(31-16)30-15-28-23(29-18-12-8-5-9-13-18)20-19(14-27-24(20)30)17-10-6-4-7-11-17/h4-16,21-22,25,27H,1-3H3/t16-,21-,22-,25-/m1/s1. The maximum absolute atomic E-state index is 6.31. The molecule has 7 heteroatoms. The molecular weight excluding hydrogens is 416 g/mol. The van der Waals surface area contributed by atoms with Crippen molar-refractivity contribution in [1.82, 2.24) is 14.5 Å². The number of para-hydroxylation sites is 1. The van der Waals surface area contributed by atoms with E-state index < -0.39 is 5.79 Å². The molecule has 0 spiro atoms. The third kappa shape index (κ3) is 3.49. The van der Waals surface area contributed by atoms with Crippen molar-refractivity contribution in [3.05, 3.63) is 78.7 Å². The van der Waals surface area contributed by atoms with Crippen LogP contribution in [0.5, 0.6) is 0 Å². The Morgan fingerprint density at radius 3 is 2.42 bits per heavy atom. The molecule has 0 unspecified atom stereocenters. The van der Waals surface area contributed by atoms with Crippen LogP contribution in [0.3, 0.4) is 0 Å². The molecule has 2 saturated heterocycles. The Morgan fingerprint density at radius 1 is 0.970 bits per heavy atom. The van der Waals surface area contributed by atoms with Crippen LogP contribution in [-0.2, 0) is 14.2 Å². The molecule has 168 valence electrons. The highest BCUT2D eigenvalue weighted by Gasteiger charge is 2.54. The maximum Gasteiger partial charge on any atom is 0.166 e. The lowest BCUT2D eigenvalue weighted by Gasteiger charge is -2.24. The summed E-state index contributed by atoms with van der Waals surface area (Å²) in [4.78, 5) is 13.1. The molecule has 6 rings (SSSR count). The fourth-order valence-electron chi connectivity index (χ4n) is 4.83. The quantitative estimate of drug-likeness (QED) is 0.499. The summed E-state index contributed by atoms with van der Waals surface area (Å²) < 4.78 is 20.7. The Hall–Kier alpha value is -3.26. The third-order valence-electron chi connectivity index (χ3n) is 6.26. The van der Waals surface area contributed by atoms with E-state index in [4.69, 9.17) is 24.2 Å². The van der Waals surface area contributed by atoms with Gasteiger partial charge in [0.15, 0.2) is 17.5 Å². The van der Waals surface area contributed by atoms with Crippen molar-refractivity contribution in [2.24, 2.45) is 4.99 Å². The van der Waals surface area contributed by atoms with Crippen molar-refractivity contribution in [3.63, 3.8) is 0 Å². The molecule has 2 aromatic heterocycles. The second-order valence-electron chi connectivity index (χ2n) is 9.01. The van der Waals surface area contributed by atoms with Gasteiger partial charge in [0.1, 0.15) is 24.2 Å². The summed E-state index contributed by atoms with van der Waals surface area (Å²) in [5.74, 6) is -0.647. The highest BCUT2D eigenvalue weighted by atomic mass is 16.8. The summed E-state index contributed by atoms with van der Waals surface area (Å²) in [6, 6.07) is 20.1. The number of fused-ring (bicyclic) bond motifs is 2. The van der Waals surface area contributed by atoms with Crippen molar-refractivity contribution in [3.8, 4) is 11.1 Å². The Balaban J connectivity index is 1.55. The van der Waals surface area contributed by atoms with Crippen LogP contribution in [0.1, 0.15) is 27.0 Å². The molecule has 0 radical (unpaired) electrons. The Bertz CT molecular complexity index is 1360. The minimum absolute atomic E-state index is 0.0958. The molecule has 4 heterocycles. The number of hydrogen-bond acceptors (Lipinski definition) is 5. The van der Waals surface area contributed by atoms with E-state index in [1.54, 1.807) is 6.33 Å². The second kappa shape index (κ2) is 7.66. The molecule has 4 atom stereocenters. The van der Waals surface area contributed by atoms with Gasteiger partial charge in [0.2, 0.25) is 0 Å². The van der Waals surface area contributed by atoms with E-state index in [0.717, 1.165) is 27.8 Å². The van der Waals surface area contributed by atoms with Crippen LogP contribution in [0.25, 0.3) is 22.2 Å². The molecule has 0 bridgehead atoms. The monoisotopic (exact) mass is 442 g/mol. The summed E-state index contributed by atoms with van der Waals surface area (Å²) in [7, 11) is 0. The summed E-state index contributed by atoms with van der Waals surface area (Å²) in [6.45, 7) is 5.91. The van der Waals surface area contributed by atoms with E-state index in [-0.39, 0.29) is 24.5 Å². The smallest absolute Gasteiger partial charge is 0.166 e. The van der Waals surface area contributed by atoms with E-state index in [2.05, 4.69) is 17.1 Å². The molecule has 2 aliphatic heterocycles. The predicted molar refractivity (Wildman–Crippen MR) is 125 cm³/mol. The summed E-state index contributed by atoms with van der Waals surface area (Å²) >= 11 is 0. The Morgan fingerprint density at radius 2 is 1.67 bits per heavy atom. The number of aromatic amines is 1. The number of hydrogen-bond donors (Lipinski definition) is 1. The number of benzene rings is 2. The van der Waals surface area contributed by atoms with Crippen molar-refractivity contribution in [2.45, 2.75) is 51.1 Å². The number of nitrogens with zero attached hydrogens (tertiary/aromatic N) is 3. The lowest BCUT2D eigenvalue weighted by Crippen LogP contribution is -2.29. The highest BCUT2D eigenvalue weighted by molar-refractivity contribution is 5.93. The van der Waals surface area contributed by atoms with Gasteiger partial charge in [0.05, 0.1) is 17.2 Å². The van der Waals surface area contributed by atoms with E-state index in [1.165, 1.54) is 0 Å². The summed E-state index contributed by atoms with van der Waals surface area (Å²) in [5.41, 5.74) is 4.51. The van der Waals surface area contributed by atoms with Crippen LogP contribution in [0.15, 0.2) is 78.2 Å². The number of ether oxygens (including phenoxy) is 3. The lowest BCUT2D eigenvalue weighted by molar-refractivity contribution is -0.194. The van der Waals surface area contributed by atoms with E-state index in [0.29, 0.717) is 5.49 Å². The van der Waals surface area contributed by atoms with Gasteiger partial charge in [-0.3, -0.25) is 4.57 Å². The van der Waals surface area contributed by atoms with Gasteiger partial charge in [0.25, 0.3) is 0 Å². The zero-order valence-corrected chi connectivity index (χ0v) is 18.8. The molecule has 2 aliphatic rings. The van der Waals surface area contributed by atoms with E-state index >= 15 is 0 Å². The van der Waals surface area contributed by atoms with Crippen LogP contribution >= 0.6 is 0 Å². The van der Waals surface area contributed by atoms with Crippen LogP contribution in [0.2, 0.25) is 0 Å². The average molecular weight is 443 g/mol. The van der Waals surface area contributed by atoms with Crippen molar-refractivity contribution in [2.75, 3.05) is 0 Å². The van der Waals surface area contributed by atoms with Gasteiger partial charge in [-0.1, -0.05) is 48.5 Å². The van der Waals surface area contributed by atoms with Crippen molar-refractivity contribution in [1.29, 1.82) is 0 Å². The Labute approximate surface area is 191 Å². The van der Waals surface area contributed by atoms with Gasteiger partial charge in [-0.25, -0.2) is 9.98 Å². The zero-order valence-electron chi connectivity index (χ0n) is 18.8. The second-order valence-corrected chi connectivity index (χ2v) is 9.01. The highest BCUT2D eigenvalue weighted by Crippen LogP contribution is 2.43. The maximum atomic E-state index is 6.31. The summed E-state index contributed by atoms with van der Waals surface area (Å²) in [5, 5.41) is 0.936. The third-order valence-corrected chi connectivity index (χ3v) is 6.26. The minimum Gasteiger partial charge on any atom is -0.349 e. The van der Waals surface area contributed by atoms with Crippen LogP contribution < -0.4 is 5.49 Å². The molecular formula is C26H26N4O3. The first kappa shape index (κ1) is 20.4. The number of rotatable bonds is 3. The van der Waals surface area contributed by atoms with Crippen molar-refractivity contribution >= 4 is 16.7 Å². The van der Waals surface area contributed by atoms with E-state index in [1.807, 2.05) is 80.1 Å². The molecule has 2 aromatic carbocycles. The molecule has 0 aliphatic carbocycles. The fourth-order valence-corrected chi connectivity index (χ4v) is 4.83. The van der Waals surface area contributed by atoms with Gasteiger partial charge in [-0.2, -0.15) is 0 Å². The van der Waals surface area contributed by atoms with Crippen LogP contribution in [0.4, 0.5) is 5.69 Å². The topological polar surface area (TPSA) is 73.7 Å².